The van der Waals surface area contributed by atoms with Crippen molar-refractivity contribution in [2.45, 2.75) is 32.7 Å². The molecule has 0 aliphatic carbocycles. The first kappa shape index (κ1) is 17.2. The fourth-order valence-electron chi connectivity index (χ4n) is 2.89. The van der Waals surface area contributed by atoms with Crippen molar-refractivity contribution in [2.75, 3.05) is 25.5 Å². The van der Waals surface area contributed by atoms with E-state index < -0.39 is 4.92 Å². The van der Waals surface area contributed by atoms with Crippen LogP contribution < -0.4 is 10.1 Å². The molecule has 1 aliphatic rings. The maximum atomic E-state index is 12.5. The predicted octanol–water partition coefficient (Wildman–Crippen LogP) is 2.66. The molecule has 1 fully saturated rings. The third-order valence-corrected chi connectivity index (χ3v) is 4.27. The Morgan fingerprint density at radius 1 is 1.52 bits per heavy atom. The molecular weight excluding hydrogens is 298 g/mol. The third kappa shape index (κ3) is 4.19. The van der Waals surface area contributed by atoms with Crippen molar-refractivity contribution in [2.24, 2.45) is 5.92 Å². The highest BCUT2D eigenvalue weighted by molar-refractivity contribution is 5.96. The van der Waals surface area contributed by atoms with Gasteiger partial charge in [0.05, 0.1) is 23.8 Å². The van der Waals surface area contributed by atoms with Gasteiger partial charge in [-0.2, -0.15) is 0 Å². The average Bonchev–Trinajstić information content (AvgIpc) is 2.53. The third-order valence-electron chi connectivity index (χ3n) is 4.27. The second-order valence-corrected chi connectivity index (χ2v) is 6.05. The number of methoxy groups -OCH3 is 1. The molecule has 0 unspecified atom stereocenters. The summed E-state index contributed by atoms with van der Waals surface area (Å²) in [5.74, 6) is 0.799. The number of nitro benzene ring substituents is 1. The molecule has 7 heteroatoms. The Morgan fingerprint density at radius 3 is 2.87 bits per heavy atom. The van der Waals surface area contributed by atoms with E-state index in [0.29, 0.717) is 17.4 Å². The van der Waals surface area contributed by atoms with E-state index in [1.165, 1.54) is 31.7 Å². The molecule has 1 amide bonds. The number of benzene rings is 1. The van der Waals surface area contributed by atoms with Crippen molar-refractivity contribution in [1.29, 1.82) is 0 Å². The molecular formula is C16H23N3O4. The summed E-state index contributed by atoms with van der Waals surface area (Å²) in [6, 6.07) is 3.87. The number of carbonyl (C=O) groups is 1. The zero-order valence-corrected chi connectivity index (χ0v) is 13.7. The summed E-state index contributed by atoms with van der Waals surface area (Å²) in [5, 5.41) is 13.7. The van der Waals surface area contributed by atoms with Crippen LogP contribution >= 0.6 is 0 Å². The van der Waals surface area contributed by atoms with Gasteiger partial charge in [-0.15, -0.1) is 0 Å². The van der Waals surface area contributed by atoms with Crippen LogP contribution in [0.4, 0.5) is 11.4 Å². The number of nitro groups is 1. The van der Waals surface area contributed by atoms with Crippen LogP contribution in [0, 0.1) is 16.0 Å². The Morgan fingerprint density at radius 2 is 2.26 bits per heavy atom. The van der Waals surface area contributed by atoms with Gasteiger partial charge in [0.15, 0.2) is 0 Å². The first-order valence-corrected chi connectivity index (χ1v) is 7.79. The van der Waals surface area contributed by atoms with Gasteiger partial charge >= 0.3 is 0 Å². The van der Waals surface area contributed by atoms with Gasteiger partial charge < -0.3 is 10.1 Å². The highest BCUT2D eigenvalue weighted by Gasteiger charge is 2.26. The number of carbonyl (C=O) groups excluding carboxylic acids is 1. The number of non-ortho nitro benzene ring substituents is 1. The van der Waals surface area contributed by atoms with Crippen molar-refractivity contribution in [3.8, 4) is 5.75 Å². The zero-order valence-electron chi connectivity index (χ0n) is 13.7. The fraction of sp³-hybridized carbons (Fsp3) is 0.562. The smallest absolute Gasteiger partial charge is 0.271 e. The van der Waals surface area contributed by atoms with E-state index in [-0.39, 0.29) is 17.6 Å². The monoisotopic (exact) mass is 321 g/mol. The van der Waals surface area contributed by atoms with Gasteiger partial charge in [0, 0.05) is 18.7 Å². The van der Waals surface area contributed by atoms with Crippen LogP contribution in [0.25, 0.3) is 0 Å². The number of amides is 1. The van der Waals surface area contributed by atoms with Gasteiger partial charge in [-0.05, 0) is 38.3 Å². The second kappa shape index (κ2) is 7.41. The van der Waals surface area contributed by atoms with Crippen molar-refractivity contribution in [3.05, 3.63) is 28.3 Å². The van der Waals surface area contributed by atoms with Gasteiger partial charge in [-0.3, -0.25) is 19.8 Å². The molecule has 1 aromatic rings. The SMILES string of the molecule is COc1ccc([N+](=O)[O-])cc1NC(=O)[C@H](C)N1CCC[C@H](C)C1. The zero-order chi connectivity index (χ0) is 17.0. The van der Waals surface area contributed by atoms with Crippen LogP contribution in [-0.4, -0.2) is 42.0 Å². The number of rotatable bonds is 5. The molecule has 0 aromatic heterocycles. The van der Waals surface area contributed by atoms with Crippen molar-refractivity contribution in [3.63, 3.8) is 0 Å². The molecule has 2 rings (SSSR count). The largest absolute Gasteiger partial charge is 0.495 e. The minimum atomic E-state index is -0.495. The summed E-state index contributed by atoms with van der Waals surface area (Å²) in [6.07, 6.45) is 2.27. The molecule has 1 heterocycles. The Labute approximate surface area is 135 Å². The van der Waals surface area contributed by atoms with Crippen LogP contribution in [0.2, 0.25) is 0 Å². The number of nitrogens with one attached hydrogen (secondary N) is 1. The van der Waals surface area contributed by atoms with Gasteiger partial charge in [0.1, 0.15) is 5.75 Å². The lowest BCUT2D eigenvalue weighted by Gasteiger charge is -2.34. The summed E-state index contributed by atoms with van der Waals surface area (Å²) < 4.78 is 5.17. The first-order valence-electron chi connectivity index (χ1n) is 7.79. The molecule has 1 saturated heterocycles. The molecule has 1 aliphatic heterocycles. The van der Waals surface area contributed by atoms with Crippen LogP contribution in [0.15, 0.2) is 18.2 Å². The molecule has 126 valence electrons. The van der Waals surface area contributed by atoms with E-state index in [2.05, 4.69) is 17.1 Å². The normalized spacial score (nSPS) is 19.9. The molecule has 23 heavy (non-hydrogen) atoms. The van der Waals surface area contributed by atoms with Gasteiger partial charge in [-0.1, -0.05) is 6.92 Å². The molecule has 0 bridgehead atoms. The number of ether oxygens (including phenoxy) is 1. The Bertz CT molecular complexity index is 591. The molecule has 1 N–H and O–H groups in total. The minimum Gasteiger partial charge on any atom is -0.495 e. The summed E-state index contributed by atoms with van der Waals surface area (Å²) in [5.41, 5.74) is 0.240. The highest BCUT2D eigenvalue weighted by atomic mass is 16.6. The summed E-state index contributed by atoms with van der Waals surface area (Å²) in [4.78, 5) is 25.0. The van der Waals surface area contributed by atoms with Crippen LogP contribution in [-0.2, 0) is 4.79 Å². The summed E-state index contributed by atoms with van der Waals surface area (Å²) >= 11 is 0. The number of likely N-dealkylation sites (tertiary alicyclic amines) is 1. The standard InChI is InChI=1S/C16H23N3O4/c1-11-5-4-8-18(10-11)12(2)16(20)17-14-9-13(19(21)22)6-7-15(14)23-3/h6-7,9,11-12H,4-5,8,10H2,1-3H3,(H,17,20)/t11-,12-/m0/s1. The topological polar surface area (TPSA) is 84.7 Å². The lowest BCUT2D eigenvalue weighted by Crippen LogP contribution is -2.46. The van der Waals surface area contributed by atoms with E-state index in [9.17, 15) is 14.9 Å². The first-order chi connectivity index (χ1) is 10.9. The van der Waals surface area contributed by atoms with E-state index in [4.69, 9.17) is 4.74 Å². The quantitative estimate of drug-likeness (QED) is 0.666. The van der Waals surface area contributed by atoms with Crippen molar-refractivity contribution in [1.82, 2.24) is 4.90 Å². The van der Waals surface area contributed by atoms with Crippen molar-refractivity contribution < 1.29 is 14.5 Å². The molecule has 0 spiro atoms. The van der Waals surface area contributed by atoms with E-state index >= 15 is 0 Å². The second-order valence-electron chi connectivity index (χ2n) is 6.05. The Hall–Kier alpha value is -2.15. The number of hydrogen-bond acceptors (Lipinski definition) is 5. The minimum absolute atomic E-state index is 0.0830. The average molecular weight is 321 g/mol. The van der Waals surface area contributed by atoms with Crippen molar-refractivity contribution >= 4 is 17.3 Å². The van der Waals surface area contributed by atoms with E-state index in [0.717, 1.165) is 19.5 Å². The number of nitrogens with zero attached hydrogens (tertiary/aromatic N) is 2. The van der Waals surface area contributed by atoms with Gasteiger partial charge in [0.25, 0.3) is 5.69 Å². The number of piperidine rings is 1. The molecule has 0 radical (unpaired) electrons. The molecule has 2 atom stereocenters. The summed E-state index contributed by atoms with van der Waals surface area (Å²) in [7, 11) is 1.46. The highest BCUT2D eigenvalue weighted by Crippen LogP contribution is 2.29. The maximum absolute atomic E-state index is 12.5. The maximum Gasteiger partial charge on any atom is 0.271 e. The van der Waals surface area contributed by atoms with Crippen LogP contribution in [0.1, 0.15) is 26.7 Å². The fourth-order valence-corrected chi connectivity index (χ4v) is 2.89. The number of anilines is 1. The van der Waals surface area contributed by atoms with E-state index in [1.54, 1.807) is 0 Å². The Kier molecular flexibility index (Phi) is 5.54. The van der Waals surface area contributed by atoms with Crippen LogP contribution in [0.3, 0.4) is 0 Å². The lowest BCUT2D eigenvalue weighted by molar-refractivity contribution is -0.384. The van der Waals surface area contributed by atoms with Gasteiger partial charge in [-0.25, -0.2) is 0 Å². The van der Waals surface area contributed by atoms with Gasteiger partial charge in [0.2, 0.25) is 5.91 Å². The van der Waals surface area contributed by atoms with E-state index in [1.807, 2.05) is 6.92 Å². The lowest BCUT2D eigenvalue weighted by atomic mass is 9.99. The number of hydrogen-bond donors (Lipinski definition) is 1. The molecule has 1 aromatic carbocycles. The Balaban J connectivity index is 2.12. The molecule has 7 nitrogen and oxygen atoms in total. The predicted molar refractivity (Wildman–Crippen MR) is 87.7 cm³/mol. The summed E-state index contributed by atoms with van der Waals surface area (Å²) in [6.45, 7) is 5.82. The molecule has 0 saturated carbocycles. The van der Waals surface area contributed by atoms with Crippen LogP contribution in [0.5, 0.6) is 5.75 Å².